The molecule has 9 heteroatoms. The minimum absolute atomic E-state index is 0.00964. The number of aromatic nitrogens is 2. The number of nitrogens with zero attached hydrogens (tertiary/aromatic N) is 4. The van der Waals surface area contributed by atoms with E-state index >= 15 is 0 Å². The lowest BCUT2D eigenvalue weighted by Gasteiger charge is -2.36. The first kappa shape index (κ1) is 26.8. The molecule has 2 aromatic rings. The molecule has 2 fully saturated rings. The van der Waals surface area contributed by atoms with Crippen LogP contribution in [0.1, 0.15) is 70.4 Å². The second-order valence-electron chi connectivity index (χ2n) is 9.85. The van der Waals surface area contributed by atoms with Gasteiger partial charge >= 0.3 is 0 Å². The molecule has 2 aromatic heterocycles. The van der Waals surface area contributed by atoms with Crippen LogP contribution in [0.3, 0.4) is 0 Å². The van der Waals surface area contributed by atoms with Crippen LogP contribution in [0.15, 0.2) is 28.0 Å². The molecule has 7 nitrogen and oxygen atoms in total. The van der Waals surface area contributed by atoms with Gasteiger partial charge in [0.1, 0.15) is 15.8 Å². The highest BCUT2D eigenvalue weighted by atomic mass is 32.2. The highest BCUT2D eigenvalue weighted by Gasteiger charge is 2.33. The zero-order valence-electron chi connectivity index (χ0n) is 21.7. The molecule has 0 bridgehead atoms. The van der Waals surface area contributed by atoms with E-state index in [0.29, 0.717) is 45.9 Å². The van der Waals surface area contributed by atoms with Crippen LogP contribution in [0.25, 0.3) is 11.7 Å². The summed E-state index contributed by atoms with van der Waals surface area (Å²) in [6.07, 6.45) is 10.4. The average Bonchev–Trinajstić information content (AvgIpc) is 3.09. The van der Waals surface area contributed by atoms with Crippen molar-refractivity contribution in [1.82, 2.24) is 14.3 Å². The first-order chi connectivity index (χ1) is 17.3. The van der Waals surface area contributed by atoms with Gasteiger partial charge < -0.3 is 9.64 Å². The maximum Gasteiger partial charge on any atom is 0.267 e. The van der Waals surface area contributed by atoms with Crippen LogP contribution in [0.2, 0.25) is 0 Å². The second kappa shape index (κ2) is 11.9. The summed E-state index contributed by atoms with van der Waals surface area (Å²) < 4.78 is 8.03. The Labute approximate surface area is 222 Å². The van der Waals surface area contributed by atoms with E-state index in [1.165, 1.54) is 37.4 Å². The predicted octanol–water partition coefficient (Wildman–Crippen LogP) is 5.18. The van der Waals surface area contributed by atoms with E-state index in [4.69, 9.17) is 21.9 Å². The number of hydrogen-bond acceptors (Lipinski definition) is 7. The van der Waals surface area contributed by atoms with Crippen molar-refractivity contribution in [3.05, 3.63) is 44.7 Å². The number of carbonyl (C=O) groups is 1. The van der Waals surface area contributed by atoms with Crippen molar-refractivity contribution in [2.45, 2.75) is 78.4 Å². The van der Waals surface area contributed by atoms with Crippen molar-refractivity contribution in [1.29, 1.82) is 0 Å². The summed E-state index contributed by atoms with van der Waals surface area (Å²) in [6.45, 7) is 10.1. The minimum atomic E-state index is -0.188. The molecule has 1 amide bonds. The molecule has 2 unspecified atom stereocenters. The number of aryl methyl sites for hydroxylation is 1. The van der Waals surface area contributed by atoms with Gasteiger partial charge in [-0.1, -0.05) is 69.1 Å². The number of thioether (sulfide) groups is 1. The highest BCUT2D eigenvalue weighted by Crippen LogP contribution is 2.34. The number of amides is 1. The predicted molar refractivity (Wildman–Crippen MR) is 152 cm³/mol. The molecule has 0 spiro atoms. The number of carbonyl (C=O) groups excluding carboxylic acids is 1. The van der Waals surface area contributed by atoms with Crippen LogP contribution < -0.4 is 10.5 Å². The van der Waals surface area contributed by atoms with Gasteiger partial charge in [0.05, 0.1) is 22.7 Å². The van der Waals surface area contributed by atoms with E-state index in [2.05, 4.69) is 11.8 Å². The number of ether oxygens (including phenoxy) is 1. The zero-order chi connectivity index (χ0) is 25.8. The molecule has 4 heterocycles. The molecule has 2 aliphatic rings. The van der Waals surface area contributed by atoms with E-state index in [0.717, 1.165) is 18.4 Å². The summed E-state index contributed by atoms with van der Waals surface area (Å²) in [6, 6.07) is 3.81. The maximum absolute atomic E-state index is 13.7. The SMILES string of the molecule is CCCCCCCCN1C(=O)/C(=C\c2c(N3CC(C)OC(C)C3)nc3ccc(C)cn3c2=O)SC1=S. The van der Waals surface area contributed by atoms with Crippen molar-refractivity contribution in [3.63, 3.8) is 0 Å². The zero-order valence-corrected chi connectivity index (χ0v) is 23.3. The summed E-state index contributed by atoms with van der Waals surface area (Å²) in [4.78, 5) is 36.2. The van der Waals surface area contributed by atoms with Gasteiger partial charge in [-0.3, -0.25) is 18.9 Å². The summed E-state index contributed by atoms with van der Waals surface area (Å²) in [5, 5.41) is 0. The standard InChI is InChI=1S/C27H36N4O3S2/c1-5-6-7-8-9-10-13-30-26(33)22(36-27(30)35)14-21-24(29-16-19(3)34-20(4)17-29)28-23-12-11-18(2)15-31(23)25(21)32/h11-12,14-15,19-20H,5-10,13,16-17H2,1-4H3/b22-14+. The Morgan fingerprint density at radius 2 is 1.81 bits per heavy atom. The van der Waals surface area contributed by atoms with E-state index in [1.807, 2.05) is 32.9 Å². The van der Waals surface area contributed by atoms with Crippen molar-refractivity contribution < 1.29 is 9.53 Å². The first-order valence-electron chi connectivity index (χ1n) is 13.0. The number of pyridine rings is 1. The quantitative estimate of drug-likeness (QED) is 0.252. The summed E-state index contributed by atoms with van der Waals surface area (Å²) in [5.74, 6) is 0.467. The maximum atomic E-state index is 13.7. The Hall–Kier alpha value is -2.23. The second-order valence-corrected chi connectivity index (χ2v) is 11.5. The summed E-state index contributed by atoms with van der Waals surface area (Å²) >= 11 is 6.82. The topological polar surface area (TPSA) is 67.2 Å². The lowest BCUT2D eigenvalue weighted by Crippen LogP contribution is -2.46. The molecular weight excluding hydrogens is 492 g/mol. The Morgan fingerprint density at radius 1 is 1.11 bits per heavy atom. The van der Waals surface area contributed by atoms with Crippen molar-refractivity contribution in [3.8, 4) is 0 Å². The lowest BCUT2D eigenvalue weighted by molar-refractivity contribution is -0.122. The van der Waals surface area contributed by atoms with Gasteiger partial charge in [-0.25, -0.2) is 4.98 Å². The molecule has 2 aliphatic heterocycles. The minimum Gasteiger partial charge on any atom is -0.372 e. The van der Waals surface area contributed by atoms with Gasteiger partial charge in [0.25, 0.3) is 11.5 Å². The Bertz CT molecular complexity index is 1220. The van der Waals surface area contributed by atoms with Gasteiger partial charge in [0.2, 0.25) is 0 Å². The third kappa shape index (κ3) is 6.01. The number of rotatable bonds is 9. The number of hydrogen-bond donors (Lipinski definition) is 0. The summed E-state index contributed by atoms with van der Waals surface area (Å²) in [5.41, 5.74) is 1.77. The molecule has 36 heavy (non-hydrogen) atoms. The van der Waals surface area contributed by atoms with Gasteiger partial charge in [-0.05, 0) is 44.9 Å². The Morgan fingerprint density at radius 3 is 2.53 bits per heavy atom. The molecule has 0 saturated carbocycles. The summed E-state index contributed by atoms with van der Waals surface area (Å²) in [7, 11) is 0. The first-order valence-corrected chi connectivity index (χ1v) is 14.2. The lowest BCUT2D eigenvalue weighted by atomic mass is 10.1. The highest BCUT2D eigenvalue weighted by molar-refractivity contribution is 8.26. The fourth-order valence-electron chi connectivity index (χ4n) is 4.84. The van der Waals surface area contributed by atoms with Crippen LogP contribution >= 0.6 is 24.0 Å². The normalized spacial score (nSPS) is 21.8. The van der Waals surface area contributed by atoms with Gasteiger partial charge in [0, 0.05) is 25.8 Å². The van der Waals surface area contributed by atoms with Crippen LogP contribution in [-0.2, 0) is 9.53 Å². The molecule has 2 atom stereocenters. The van der Waals surface area contributed by atoms with Crippen LogP contribution in [0, 0.1) is 6.92 Å². The molecule has 0 N–H and O–H groups in total. The number of unbranched alkanes of at least 4 members (excludes halogenated alkanes) is 5. The molecule has 4 rings (SSSR count). The molecule has 0 aliphatic carbocycles. The van der Waals surface area contributed by atoms with Crippen molar-refractivity contribution in [2.24, 2.45) is 0 Å². The van der Waals surface area contributed by atoms with Gasteiger partial charge in [0.15, 0.2) is 0 Å². The third-order valence-electron chi connectivity index (χ3n) is 6.59. The monoisotopic (exact) mass is 528 g/mol. The molecular formula is C27H36N4O3S2. The van der Waals surface area contributed by atoms with E-state index in [9.17, 15) is 9.59 Å². The van der Waals surface area contributed by atoms with Gasteiger partial charge in [-0.2, -0.15) is 0 Å². The van der Waals surface area contributed by atoms with E-state index < -0.39 is 0 Å². The van der Waals surface area contributed by atoms with Crippen molar-refractivity contribution in [2.75, 3.05) is 24.5 Å². The molecule has 194 valence electrons. The molecule has 2 saturated heterocycles. The van der Waals surface area contributed by atoms with Gasteiger partial charge in [-0.15, -0.1) is 0 Å². The fourth-order valence-corrected chi connectivity index (χ4v) is 6.13. The number of anilines is 1. The largest absolute Gasteiger partial charge is 0.372 e. The Kier molecular flexibility index (Phi) is 8.85. The van der Waals surface area contributed by atoms with E-state index in [1.54, 1.807) is 21.6 Å². The number of morpholine rings is 1. The fraction of sp³-hybridized carbons (Fsp3) is 0.556. The smallest absolute Gasteiger partial charge is 0.267 e. The number of thiocarbonyl (C=S) groups is 1. The number of fused-ring (bicyclic) bond motifs is 1. The Balaban J connectivity index is 1.66. The third-order valence-corrected chi connectivity index (χ3v) is 7.97. The molecule has 0 aromatic carbocycles. The van der Waals surface area contributed by atoms with Crippen LogP contribution in [0.4, 0.5) is 5.82 Å². The van der Waals surface area contributed by atoms with Crippen LogP contribution in [-0.4, -0.2) is 56.4 Å². The average molecular weight is 529 g/mol. The molecule has 0 radical (unpaired) electrons. The van der Waals surface area contributed by atoms with E-state index in [-0.39, 0.29) is 23.7 Å². The van der Waals surface area contributed by atoms with Crippen molar-refractivity contribution >= 4 is 51.7 Å². The van der Waals surface area contributed by atoms with Crippen LogP contribution in [0.5, 0.6) is 0 Å².